The van der Waals surface area contributed by atoms with Gasteiger partial charge in [0.15, 0.2) is 0 Å². The van der Waals surface area contributed by atoms with Gasteiger partial charge in [-0.3, -0.25) is 0 Å². The number of hydrogen-bond donors (Lipinski definition) is 1. The van der Waals surface area contributed by atoms with Crippen LogP contribution in [0, 0.1) is 11.8 Å². The normalized spacial score (nSPS) is 22.0. The molecule has 0 amide bonds. The van der Waals surface area contributed by atoms with Crippen LogP contribution < -0.4 is 5.32 Å². The van der Waals surface area contributed by atoms with Gasteiger partial charge in [0.05, 0.1) is 4.47 Å². The number of unbranched alkanes of at least 4 members (excludes halogenated alkanes) is 1. The molecule has 0 aromatic carbocycles. The fourth-order valence-electron chi connectivity index (χ4n) is 3.22. The first-order valence-corrected chi connectivity index (χ1v) is 9.29. The second-order valence-corrected chi connectivity index (χ2v) is 7.71. The van der Waals surface area contributed by atoms with Gasteiger partial charge in [-0.25, -0.2) is 9.97 Å². The predicted molar refractivity (Wildman–Crippen MR) is 96.1 cm³/mol. The van der Waals surface area contributed by atoms with Crippen LogP contribution >= 0.6 is 15.9 Å². The lowest BCUT2D eigenvalue weighted by Crippen LogP contribution is -2.22. The molecule has 22 heavy (non-hydrogen) atoms. The molecule has 0 radical (unpaired) electrons. The van der Waals surface area contributed by atoms with E-state index in [4.69, 9.17) is 0 Å². The van der Waals surface area contributed by atoms with Crippen molar-refractivity contribution in [3.05, 3.63) is 16.9 Å². The smallest absolute Gasteiger partial charge is 0.222 e. The van der Waals surface area contributed by atoms with E-state index in [1.54, 1.807) is 12.4 Å². The van der Waals surface area contributed by atoms with E-state index >= 15 is 0 Å². The number of halogens is 1. The Morgan fingerprint density at radius 3 is 2.36 bits per heavy atom. The second kappa shape index (κ2) is 9.46. The Bertz CT molecular complexity index is 413. The summed E-state index contributed by atoms with van der Waals surface area (Å²) in [7, 11) is 4.32. The maximum atomic E-state index is 4.27. The van der Waals surface area contributed by atoms with E-state index in [2.05, 4.69) is 50.2 Å². The van der Waals surface area contributed by atoms with Gasteiger partial charge in [0, 0.05) is 18.9 Å². The van der Waals surface area contributed by atoms with Crippen molar-refractivity contribution in [3.8, 4) is 0 Å². The standard InChI is InChI=1S/C17H29BrN4/c1-22(2)10-4-3-5-14-6-8-15(9-7-14)11-19-17-20-12-16(18)13-21-17/h12-15H,3-11H2,1-2H3,(H,19,20,21)/t14-,15-. The SMILES string of the molecule is CN(C)CCCC[C@H]1CC[C@H](CNc2ncc(Br)cn2)CC1. The Morgan fingerprint density at radius 1 is 1.09 bits per heavy atom. The quantitative estimate of drug-likeness (QED) is 0.698. The molecule has 0 saturated heterocycles. The third-order valence-corrected chi connectivity index (χ3v) is 5.01. The molecule has 124 valence electrons. The van der Waals surface area contributed by atoms with Crippen LogP contribution in [-0.4, -0.2) is 42.1 Å². The summed E-state index contributed by atoms with van der Waals surface area (Å²) < 4.78 is 0.924. The number of aromatic nitrogens is 2. The van der Waals surface area contributed by atoms with Gasteiger partial charge in [-0.2, -0.15) is 0 Å². The van der Waals surface area contributed by atoms with Crippen LogP contribution in [0.15, 0.2) is 16.9 Å². The van der Waals surface area contributed by atoms with Gasteiger partial charge in [-0.1, -0.05) is 25.7 Å². The van der Waals surface area contributed by atoms with Crippen LogP contribution in [0.5, 0.6) is 0 Å². The molecule has 0 unspecified atom stereocenters. The fourth-order valence-corrected chi connectivity index (χ4v) is 3.43. The lowest BCUT2D eigenvalue weighted by Gasteiger charge is -2.28. The molecular weight excluding hydrogens is 340 g/mol. The van der Waals surface area contributed by atoms with Gasteiger partial charge in [0.25, 0.3) is 0 Å². The molecule has 1 heterocycles. The molecule has 1 aromatic heterocycles. The van der Waals surface area contributed by atoms with Gasteiger partial charge >= 0.3 is 0 Å². The summed E-state index contributed by atoms with van der Waals surface area (Å²) in [5.41, 5.74) is 0. The summed E-state index contributed by atoms with van der Waals surface area (Å²) in [4.78, 5) is 10.8. The fraction of sp³-hybridized carbons (Fsp3) is 0.765. The third kappa shape index (κ3) is 6.61. The molecule has 0 atom stereocenters. The van der Waals surface area contributed by atoms with E-state index in [0.29, 0.717) is 0 Å². The van der Waals surface area contributed by atoms with Crippen molar-refractivity contribution < 1.29 is 0 Å². The maximum absolute atomic E-state index is 4.27. The minimum absolute atomic E-state index is 0.744. The highest BCUT2D eigenvalue weighted by Crippen LogP contribution is 2.31. The summed E-state index contributed by atoms with van der Waals surface area (Å²) in [5, 5.41) is 3.37. The lowest BCUT2D eigenvalue weighted by atomic mass is 9.80. The first-order chi connectivity index (χ1) is 10.6. The number of hydrogen-bond acceptors (Lipinski definition) is 4. The van der Waals surface area contributed by atoms with E-state index in [1.807, 2.05) is 0 Å². The summed E-state index contributed by atoms with van der Waals surface area (Å²) >= 11 is 3.36. The highest BCUT2D eigenvalue weighted by Gasteiger charge is 2.20. The Balaban J connectivity index is 1.58. The molecule has 2 rings (SSSR count). The monoisotopic (exact) mass is 368 g/mol. The van der Waals surface area contributed by atoms with Crippen molar-refractivity contribution in [1.29, 1.82) is 0 Å². The van der Waals surface area contributed by atoms with Crippen LogP contribution in [0.2, 0.25) is 0 Å². The highest BCUT2D eigenvalue weighted by molar-refractivity contribution is 9.10. The molecule has 1 aliphatic carbocycles. The van der Waals surface area contributed by atoms with E-state index in [-0.39, 0.29) is 0 Å². The van der Waals surface area contributed by atoms with Crippen LogP contribution in [-0.2, 0) is 0 Å². The molecule has 1 aromatic rings. The number of rotatable bonds is 8. The number of nitrogens with one attached hydrogen (secondary N) is 1. The molecule has 4 nitrogen and oxygen atoms in total. The zero-order valence-corrected chi connectivity index (χ0v) is 15.5. The molecule has 0 bridgehead atoms. The molecule has 1 saturated carbocycles. The average molecular weight is 369 g/mol. The predicted octanol–water partition coefficient (Wildman–Crippen LogP) is 4.19. The topological polar surface area (TPSA) is 41.0 Å². The van der Waals surface area contributed by atoms with E-state index in [1.165, 1.54) is 51.5 Å². The van der Waals surface area contributed by atoms with Crippen molar-refractivity contribution >= 4 is 21.9 Å². The molecule has 1 aliphatic rings. The van der Waals surface area contributed by atoms with Crippen molar-refractivity contribution in [3.63, 3.8) is 0 Å². The van der Waals surface area contributed by atoms with Gasteiger partial charge in [0.1, 0.15) is 0 Å². The lowest BCUT2D eigenvalue weighted by molar-refractivity contribution is 0.263. The molecule has 1 N–H and O–H groups in total. The van der Waals surface area contributed by atoms with Crippen LogP contribution in [0.25, 0.3) is 0 Å². The molecular formula is C17H29BrN4. The summed E-state index contributed by atoms with van der Waals surface area (Å²) in [6.45, 7) is 2.24. The van der Waals surface area contributed by atoms with E-state index in [0.717, 1.165) is 28.8 Å². The van der Waals surface area contributed by atoms with E-state index < -0.39 is 0 Å². The Labute approximate surface area is 143 Å². The third-order valence-electron chi connectivity index (χ3n) is 4.60. The summed E-state index contributed by atoms with van der Waals surface area (Å²) in [6, 6.07) is 0. The highest BCUT2D eigenvalue weighted by atomic mass is 79.9. The molecule has 0 aliphatic heterocycles. The van der Waals surface area contributed by atoms with Gasteiger partial charge in [-0.05, 0) is 67.7 Å². The van der Waals surface area contributed by atoms with Gasteiger partial charge < -0.3 is 10.2 Å². The second-order valence-electron chi connectivity index (χ2n) is 6.79. The zero-order valence-electron chi connectivity index (χ0n) is 13.9. The summed E-state index contributed by atoms with van der Waals surface area (Å²) in [6.07, 6.45) is 13.2. The van der Waals surface area contributed by atoms with Crippen molar-refractivity contribution in [2.24, 2.45) is 11.8 Å². The zero-order chi connectivity index (χ0) is 15.8. The largest absolute Gasteiger partial charge is 0.354 e. The molecule has 5 heteroatoms. The Morgan fingerprint density at radius 2 is 1.73 bits per heavy atom. The van der Waals surface area contributed by atoms with Crippen LogP contribution in [0.3, 0.4) is 0 Å². The molecule has 1 fully saturated rings. The van der Waals surface area contributed by atoms with Gasteiger partial charge in [0.2, 0.25) is 5.95 Å². The van der Waals surface area contributed by atoms with Crippen molar-refractivity contribution in [2.45, 2.75) is 44.9 Å². The Hall–Kier alpha value is -0.680. The number of anilines is 1. The maximum Gasteiger partial charge on any atom is 0.222 e. The Kier molecular flexibility index (Phi) is 7.60. The first-order valence-electron chi connectivity index (χ1n) is 8.49. The van der Waals surface area contributed by atoms with Crippen molar-refractivity contribution in [2.75, 3.05) is 32.5 Å². The van der Waals surface area contributed by atoms with Crippen molar-refractivity contribution in [1.82, 2.24) is 14.9 Å². The van der Waals surface area contributed by atoms with Crippen LogP contribution in [0.4, 0.5) is 5.95 Å². The number of nitrogens with zero attached hydrogens (tertiary/aromatic N) is 3. The van der Waals surface area contributed by atoms with Gasteiger partial charge in [-0.15, -0.1) is 0 Å². The van der Waals surface area contributed by atoms with Crippen LogP contribution in [0.1, 0.15) is 44.9 Å². The molecule has 0 spiro atoms. The van der Waals surface area contributed by atoms with E-state index in [9.17, 15) is 0 Å². The minimum atomic E-state index is 0.744. The first kappa shape index (κ1) is 17.7. The minimum Gasteiger partial charge on any atom is -0.354 e. The average Bonchev–Trinajstić information content (AvgIpc) is 2.52. The summed E-state index contributed by atoms with van der Waals surface area (Å²) in [5.74, 6) is 2.49.